The summed E-state index contributed by atoms with van der Waals surface area (Å²) in [5.74, 6) is 0.422. The van der Waals surface area contributed by atoms with Gasteiger partial charge in [0, 0.05) is 22.2 Å². The third-order valence-corrected chi connectivity index (χ3v) is 4.62. The second-order valence-corrected chi connectivity index (χ2v) is 6.93. The molecule has 0 aliphatic rings. The number of aromatic nitrogens is 2. The molecule has 1 aromatic heterocycles. The van der Waals surface area contributed by atoms with Crippen LogP contribution >= 0.6 is 11.6 Å². The molecule has 0 saturated carbocycles. The van der Waals surface area contributed by atoms with Gasteiger partial charge in [0.2, 0.25) is 0 Å². The Kier molecular flexibility index (Phi) is 4.96. The SMILES string of the molecule is Cc1cccc(C(=O)Nc2cc(-c3ccc(Cl)cc3)nn2-c2ccccc2)c1. The first-order valence-electron chi connectivity index (χ1n) is 8.89. The van der Waals surface area contributed by atoms with Crippen LogP contribution in [0, 0.1) is 6.92 Å². The van der Waals surface area contributed by atoms with Crippen molar-refractivity contribution in [2.45, 2.75) is 6.92 Å². The molecule has 4 rings (SSSR count). The molecule has 0 radical (unpaired) electrons. The van der Waals surface area contributed by atoms with Crippen LogP contribution in [0.1, 0.15) is 15.9 Å². The van der Waals surface area contributed by atoms with Crippen LogP contribution in [-0.4, -0.2) is 15.7 Å². The zero-order chi connectivity index (χ0) is 19.5. The Bertz CT molecular complexity index is 1120. The zero-order valence-corrected chi connectivity index (χ0v) is 16.0. The summed E-state index contributed by atoms with van der Waals surface area (Å²) >= 11 is 6.00. The fourth-order valence-corrected chi connectivity index (χ4v) is 3.10. The quantitative estimate of drug-likeness (QED) is 0.484. The summed E-state index contributed by atoms with van der Waals surface area (Å²) in [6.45, 7) is 1.96. The number of anilines is 1. The van der Waals surface area contributed by atoms with Crippen molar-refractivity contribution in [2.24, 2.45) is 0 Å². The number of benzene rings is 3. The predicted octanol–water partition coefficient (Wildman–Crippen LogP) is 5.75. The maximum absolute atomic E-state index is 12.8. The summed E-state index contributed by atoms with van der Waals surface area (Å²) in [7, 11) is 0. The predicted molar refractivity (Wildman–Crippen MR) is 113 cm³/mol. The molecular formula is C23H18ClN3O. The highest BCUT2D eigenvalue weighted by Crippen LogP contribution is 2.26. The minimum atomic E-state index is -0.177. The van der Waals surface area contributed by atoms with E-state index in [1.165, 1.54) is 0 Å². The molecule has 0 spiro atoms. The summed E-state index contributed by atoms with van der Waals surface area (Å²) in [4.78, 5) is 12.8. The van der Waals surface area contributed by atoms with E-state index < -0.39 is 0 Å². The number of carbonyl (C=O) groups is 1. The summed E-state index contributed by atoms with van der Waals surface area (Å²) in [6.07, 6.45) is 0. The van der Waals surface area contributed by atoms with E-state index in [1.54, 1.807) is 10.7 Å². The molecular weight excluding hydrogens is 370 g/mol. The van der Waals surface area contributed by atoms with Gasteiger partial charge in [0.1, 0.15) is 5.82 Å². The van der Waals surface area contributed by atoms with Gasteiger partial charge in [0.25, 0.3) is 5.91 Å². The Morgan fingerprint density at radius 2 is 1.68 bits per heavy atom. The fraction of sp³-hybridized carbons (Fsp3) is 0.0435. The van der Waals surface area contributed by atoms with Crippen molar-refractivity contribution in [3.63, 3.8) is 0 Å². The maximum Gasteiger partial charge on any atom is 0.256 e. The number of para-hydroxylation sites is 1. The van der Waals surface area contributed by atoms with Gasteiger partial charge in [-0.05, 0) is 43.3 Å². The van der Waals surface area contributed by atoms with Gasteiger partial charge in [0.05, 0.1) is 11.4 Å². The average Bonchev–Trinajstić information content (AvgIpc) is 3.13. The van der Waals surface area contributed by atoms with Gasteiger partial charge >= 0.3 is 0 Å². The van der Waals surface area contributed by atoms with Gasteiger partial charge in [0.15, 0.2) is 0 Å². The molecule has 1 heterocycles. The van der Waals surface area contributed by atoms with Crippen molar-refractivity contribution in [2.75, 3.05) is 5.32 Å². The number of halogens is 1. The van der Waals surface area contributed by atoms with Crippen molar-refractivity contribution in [1.29, 1.82) is 0 Å². The number of hydrogen-bond acceptors (Lipinski definition) is 2. The van der Waals surface area contributed by atoms with Crippen LogP contribution in [0.5, 0.6) is 0 Å². The molecule has 0 bridgehead atoms. The van der Waals surface area contributed by atoms with Crippen molar-refractivity contribution >= 4 is 23.3 Å². The van der Waals surface area contributed by atoms with Gasteiger partial charge in [-0.1, -0.05) is 59.6 Å². The van der Waals surface area contributed by atoms with Crippen molar-refractivity contribution in [3.05, 3.63) is 101 Å². The smallest absolute Gasteiger partial charge is 0.256 e. The first-order chi connectivity index (χ1) is 13.6. The molecule has 0 aliphatic carbocycles. The number of rotatable bonds is 4. The Balaban J connectivity index is 1.74. The van der Waals surface area contributed by atoms with Crippen LogP contribution in [0.4, 0.5) is 5.82 Å². The molecule has 138 valence electrons. The van der Waals surface area contributed by atoms with E-state index in [0.717, 1.165) is 22.5 Å². The molecule has 28 heavy (non-hydrogen) atoms. The van der Waals surface area contributed by atoms with Crippen LogP contribution in [-0.2, 0) is 0 Å². The zero-order valence-electron chi connectivity index (χ0n) is 15.3. The number of amides is 1. The third-order valence-electron chi connectivity index (χ3n) is 4.37. The first-order valence-corrected chi connectivity index (χ1v) is 9.27. The average molecular weight is 388 g/mol. The lowest BCUT2D eigenvalue weighted by Gasteiger charge is -2.09. The molecule has 3 aromatic carbocycles. The summed E-state index contributed by atoms with van der Waals surface area (Å²) in [5.41, 5.74) is 4.17. The van der Waals surface area contributed by atoms with Gasteiger partial charge in [-0.15, -0.1) is 0 Å². The lowest BCUT2D eigenvalue weighted by Crippen LogP contribution is -2.15. The molecule has 4 nitrogen and oxygen atoms in total. The molecule has 0 aliphatic heterocycles. The van der Waals surface area contributed by atoms with E-state index in [0.29, 0.717) is 16.4 Å². The minimum Gasteiger partial charge on any atom is -0.306 e. The number of hydrogen-bond donors (Lipinski definition) is 1. The molecule has 0 unspecified atom stereocenters. The summed E-state index contributed by atoms with van der Waals surface area (Å²) in [6, 6.07) is 26.5. The molecule has 5 heteroatoms. The van der Waals surface area contributed by atoms with Crippen LogP contribution < -0.4 is 5.32 Å². The Labute approximate surface area is 168 Å². The van der Waals surface area contributed by atoms with Gasteiger partial charge in [-0.25, -0.2) is 4.68 Å². The molecule has 0 saturated heterocycles. The van der Waals surface area contributed by atoms with Gasteiger partial charge < -0.3 is 5.32 Å². The van der Waals surface area contributed by atoms with Crippen LogP contribution in [0.25, 0.3) is 16.9 Å². The van der Waals surface area contributed by atoms with Crippen molar-refractivity contribution < 1.29 is 4.79 Å². The number of nitrogens with zero attached hydrogens (tertiary/aromatic N) is 2. The highest BCUT2D eigenvalue weighted by atomic mass is 35.5. The standard InChI is InChI=1S/C23H18ClN3O/c1-16-6-5-7-18(14-16)23(28)25-22-15-21(17-10-12-19(24)13-11-17)26-27(22)20-8-3-2-4-9-20/h2-15H,1H3,(H,25,28). The highest BCUT2D eigenvalue weighted by molar-refractivity contribution is 6.30. The van der Waals surface area contributed by atoms with E-state index in [-0.39, 0.29) is 5.91 Å². The molecule has 4 aromatic rings. The Hall–Kier alpha value is -3.37. The molecule has 0 fully saturated rings. The van der Waals surface area contributed by atoms with Gasteiger partial charge in [-0.2, -0.15) is 5.10 Å². The van der Waals surface area contributed by atoms with Gasteiger partial charge in [-0.3, -0.25) is 4.79 Å². The summed E-state index contributed by atoms with van der Waals surface area (Å²) in [5, 5.41) is 8.36. The van der Waals surface area contributed by atoms with Crippen LogP contribution in [0.2, 0.25) is 5.02 Å². The highest BCUT2D eigenvalue weighted by Gasteiger charge is 2.15. The maximum atomic E-state index is 12.8. The van der Waals surface area contributed by atoms with Crippen LogP contribution in [0.3, 0.4) is 0 Å². The number of carbonyl (C=O) groups excluding carboxylic acids is 1. The van der Waals surface area contributed by atoms with E-state index in [1.807, 2.05) is 85.8 Å². The normalized spacial score (nSPS) is 10.6. The van der Waals surface area contributed by atoms with E-state index in [2.05, 4.69) is 5.32 Å². The van der Waals surface area contributed by atoms with E-state index in [9.17, 15) is 4.79 Å². The summed E-state index contributed by atoms with van der Waals surface area (Å²) < 4.78 is 1.73. The van der Waals surface area contributed by atoms with Crippen LogP contribution in [0.15, 0.2) is 84.9 Å². The van der Waals surface area contributed by atoms with Crippen molar-refractivity contribution in [3.8, 4) is 16.9 Å². The number of aryl methyl sites for hydroxylation is 1. The first kappa shape index (κ1) is 18.0. The van der Waals surface area contributed by atoms with Crippen molar-refractivity contribution in [1.82, 2.24) is 9.78 Å². The fourth-order valence-electron chi connectivity index (χ4n) is 2.97. The molecule has 1 N–H and O–H groups in total. The minimum absolute atomic E-state index is 0.177. The lowest BCUT2D eigenvalue weighted by molar-refractivity contribution is 0.102. The van der Waals surface area contributed by atoms with E-state index in [4.69, 9.17) is 16.7 Å². The molecule has 0 atom stereocenters. The Morgan fingerprint density at radius 3 is 2.39 bits per heavy atom. The number of nitrogens with one attached hydrogen (secondary N) is 1. The largest absolute Gasteiger partial charge is 0.306 e. The monoisotopic (exact) mass is 387 g/mol. The lowest BCUT2D eigenvalue weighted by atomic mass is 10.1. The second kappa shape index (κ2) is 7.71. The molecule has 1 amide bonds. The Morgan fingerprint density at radius 1 is 0.929 bits per heavy atom. The topological polar surface area (TPSA) is 46.9 Å². The second-order valence-electron chi connectivity index (χ2n) is 6.49. The third kappa shape index (κ3) is 3.82. The van der Waals surface area contributed by atoms with E-state index >= 15 is 0 Å².